The van der Waals surface area contributed by atoms with E-state index in [9.17, 15) is 19.2 Å². The van der Waals surface area contributed by atoms with Crippen molar-refractivity contribution in [3.05, 3.63) is 95.4 Å². The van der Waals surface area contributed by atoms with Crippen molar-refractivity contribution < 1.29 is 23.6 Å². The summed E-state index contributed by atoms with van der Waals surface area (Å²) in [6, 6.07) is 21.5. The molecule has 3 aliphatic heterocycles. The van der Waals surface area contributed by atoms with Gasteiger partial charge in [-0.3, -0.25) is 24.1 Å². The molecule has 3 aliphatic rings. The first-order chi connectivity index (χ1) is 17.8. The van der Waals surface area contributed by atoms with E-state index in [1.165, 1.54) is 16.8 Å². The van der Waals surface area contributed by atoms with Gasteiger partial charge < -0.3 is 14.2 Å². The molecule has 8 nitrogen and oxygen atoms in total. The van der Waals surface area contributed by atoms with E-state index in [0.29, 0.717) is 11.5 Å². The fourth-order valence-corrected chi connectivity index (χ4v) is 6.44. The number of fused-ring (bicyclic) bond motifs is 3. The maximum absolute atomic E-state index is 14.6. The molecule has 6 rings (SSSR count). The minimum atomic E-state index is -1.56. The highest BCUT2D eigenvalue weighted by Gasteiger charge is 2.74. The fourth-order valence-electron chi connectivity index (χ4n) is 6.44. The van der Waals surface area contributed by atoms with Gasteiger partial charge in [-0.25, -0.2) is 0 Å². The van der Waals surface area contributed by atoms with Crippen molar-refractivity contribution in [1.82, 2.24) is 14.7 Å². The molecule has 0 saturated carbocycles. The summed E-state index contributed by atoms with van der Waals surface area (Å²) in [5.41, 5.74) is 0.129. The Morgan fingerprint density at radius 1 is 0.865 bits per heavy atom. The predicted octanol–water partition coefficient (Wildman–Crippen LogP) is 2.73. The second-order valence-corrected chi connectivity index (χ2v) is 10.1. The van der Waals surface area contributed by atoms with Crippen LogP contribution in [0.4, 0.5) is 0 Å². The first-order valence-corrected chi connectivity index (χ1v) is 12.4. The van der Waals surface area contributed by atoms with E-state index < -0.39 is 35.2 Å². The van der Waals surface area contributed by atoms with Crippen LogP contribution in [-0.2, 0) is 32.1 Å². The molecule has 3 saturated heterocycles. The van der Waals surface area contributed by atoms with Gasteiger partial charge >= 0.3 is 0 Å². The summed E-state index contributed by atoms with van der Waals surface area (Å²) in [5, 5.41) is 0. The van der Waals surface area contributed by atoms with E-state index in [4.69, 9.17) is 4.42 Å². The Labute approximate surface area is 214 Å². The third-order valence-corrected chi connectivity index (χ3v) is 7.97. The second kappa shape index (κ2) is 8.44. The van der Waals surface area contributed by atoms with Crippen LogP contribution in [0.2, 0.25) is 0 Å². The summed E-state index contributed by atoms with van der Waals surface area (Å²) in [4.78, 5) is 59.9. The molecule has 8 heteroatoms. The van der Waals surface area contributed by atoms with Gasteiger partial charge in [0.2, 0.25) is 17.7 Å². The van der Waals surface area contributed by atoms with Gasteiger partial charge in [-0.2, -0.15) is 0 Å². The molecule has 4 amide bonds. The molecular formula is C29H27N3O5. The van der Waals surface area contributed by atoms with E-state index in [2.05, 4.69) is 0 Å². The van der Waals surface area contributed by atoms with Crippen LogP contribution >= 0.6 is 0 Å². The maximum atomic E-state index is 14.6. The predicted molar refractivity (Wildman–Crippen MR) is 133 cm³/mol. The number of piperazine rings is 1. The Hall–Kier alpha value is -4.20. The van der Waals surface area contributed by atoms with Gasteiger partial charge in [-0.15, -0.1) is 0 Å². The minimum Gasteiger partial charge on any atom is -0.464 e. The number of rotatable bonds is 5. The van der Waals surface area contributed by atoms with Crippen molar-refractivity contribution in [1.29, 1.82) is 0 Å². The summed E-state index contributed by atoms with van der Waals surface area (Å²) >= 11 is 0. The van der Waals surface area contributed by atoms with Crippen LogP contribution in [-0.4, -0.2) is 57.5 Å². The number of furan rings is 1. The number of carbonyl (C=O) groups excluding carboxylic acids is 4. The van der Waals surface area contributed by atoms with Gasteiger partial charge in [0.25, 0.3) is 5.91 Å². The maximum Gasteiger partial charge on any atom is 0.250 e. The number of aryl methyl sites for hydroxylation is 1. The molecule has 3 unspecified atom stereocenters. The number of amides is 4. The van der Waals surface area contributed by atoms with Gasteiger partial charge in [0, 0.05) is 20.0 Å². The molecule has 1 aromatic heterocycles. The van der Waals surface area contributed by atoms with Crippen LogP contribution in [0.1, 0.15) is 28.7 Å². The van der Waals surface area contributed by atoms with Crippen LogP contribution in [0.25, 0.3) is 0 Å². The molecule has 0 bridgehead atoms. The summed E-state index contributed by atoms with van der Waals surface area (Å²) in [7, 11) is 1.45. The average molecular weight is 498 g/mol. The molecule has 188 valence electrons. The number of carbonyl (C=O) groups is 4. The van der Waals surface area contributed by atoms with Crippen molar-refractivity contribution in [3.63, 3.8) is 0 Å². The Kier molecular flexibility index (Phi) is 5.29. The summed E-state index contributed by atoms with van der Waals surface area (Å²) < 4.78 is 5.94. The first kappa shape index (κ1) is 23.2. The van der Waals surface area contributed by atoms with Gasteiger partial charge in [-0.1, -0.05) is 60.7 Å². The molecule has 3 fully saturated rings. The lowest BCUT2D eigenvalue weighted by Gasteiger charge is -2.48. The normalized spacial score (nSPS) is 27.2. The molecule has 4 heterocycles. The van der Waals surface area contributed by atoms with Crippen LogP contribution in [0.3, 0.4) is 0 Å². The first-order valence-electron chi connectivity index (χ1n) is 12.4. The lowest BCUT2D eigenvalue weighted by atomic mass is 9.74. The molecule has 0 aliphatic carbocycles. The van der Waals surface area contributed by atoms with Crippen molar-refractivity contribution >= 4 is 23.6 Å². The fraction of sp³-hybridized carbons (Fsp3) is 0.310. The van der Waals surface area contributed by atoms with E-state index in [-0.39, 0.29) is 31.3 Å². The van der Waals surface area contributed by atoms with E-state index in [1.54, 1.807) is 19.1 Å². The minimum absolute atomic E-state index is 0.119. The third-order valence-electron chi connectivity index (χ3n) is 7.97. The highest BCUT2D eigenvalue weighted by molar-refractivity contribution is 6.12. The van der Waals surface area contributed by atoms with Gasteiger partial charge in [0.1, 0.15) is 29.6 Å². The molecule has 2 aromatic carbocycles. The van der Waals surface area contributed by atoms with Crippen LogP contribution in [0.15, 0.2) is 77.2 Å². The van der Waals surface area contributed by atoms with E-state index in [0.717, 1.165) is 16.0 Å². The SMILES string of the molecule is Cc1ccc(C2C3C(=O)N(C)C(=O)C3[C@]3(Cc4ccccc4)C(=O)N(Cc4ccccc4)CC(=O)N23)o1. The number of nitrogens with zero attached hydrogens (tertiary/aromatic N) is 3. The van der Waals surface area contributed by atoms with E-state index in [1.807, 2.05) is 60.7 Å². The Morgan fingerprint density at radius 3 is 2.14 bits per heavy atom. The number of hydrogen-bond donors (Lipinski definition) is 0. The Bertz CT molecular complexity index is 1400. The van der Waals surface area contributed by atoms with Crippen molar-refractivity contribution in [2.75, 3.05) is 13.6 Å². The van der Waals surface area contributed by atoms with E-state index >= 15 is 0 Å². The number of hydrogen-bond acceptors (Lipinski definition) is 5. The van der Waals surface area contributed by atoms with Crippen LogP contribution in [0.5, 0.6) is 0 Å². The largest absolute Gasteiger partial charge is 0.464 e. The monoisotopic (exact) mass is 497 g/mol. The molecule has 4 atom stereocenters. The number of benzene rings is 2. The quantitative estimate of drug-likeness (QED) is 0.506. The average Bonchev–Trinajstić information content (AvgIpc) is 3.52. The zero-order valence-electron chi connectivity index (χ0n) is 20.7. The molecular weight excluding hydrogens is 470 g/mol. The number of imide groups is 1. The lowest BCUT2D eigenvalue weighted by Crippen LogP contribution is -2.69. The lowest BCUT2D eigenvalue weighted by molar-refractivity contribution is -0.170. The zero-order chi connectivity index (χ0) is 25.9. The molecule has 0 radical (unpaired) electrons. The molecule has 3 aromatic rings. The molecule has 0 spiro atoms. The molecule has 37 heavy (non-hydrogen) atoms. The smallest absolute Gasteiger partial charge is 0.250 e. The Balaban J connectivity index is 1.55. The zero-order valence-corrected chi connectivity index (χ0v) is 20.7. The topological polar surface area (TPSA) is 91.1 Å². The van der Waals surface area contributed by atoms with Gasteiger partial charge in [-0.05, 0) is 30.2 Å². The summed E-state index contributed by atoms with van der Waals surface area (Å²) in [6.45, 7) is 1.87. The van der Waals surface area contributed by atoms with Crippen LogP contribution in [0, 0.1) is 18.8 Å². The van der Waals surface area contributed by atoms with Crippen molar-refractivity contribution in [2.24, 2.45) is 11.8 Å². The van der Waals surface area contributed by atoms with Gasteiger partial charge in [0.05, 0.1) is 11.8 Å². The standard InChI is InChI=1S/C29H27N3O5/c1-18-13-14-21(37-18)25-23-24(27(35)30(2)26(23)34)29(15-19-9-5-3-6-10-19)28(36)31(17-22(33)32(25)29)16-20-11-7-4-8-12-20/h3-14,23-25H,15-17H2,1-2H3/t23?,24?,25?,29-/m1/s1. The second-order valence-electron chi connectivity index (χ2n) is 10.1. The highest BCUT2D eigenvalue weighted by Crippen LogP contribution is 2.57. The van der Waals surface area contributed by atoms with Crippen molar-refractivity contribution in [3.8, 4) is 0 Å². The molecule has 0 N–H and O–H groups in total. The number of likely N-dealkylation sites (tertiary alicyclic amines) is 1. The Morgan fingerprint density at radius 2 is 1.51 bits per heavy atom. The third kappa shape index (κ3) is 3.35. The summed E-state index contributed by atoms with van der Waals surface area (Å²) in [5.74, 6) is -2.35. The van der Waals surface area contributed by atoms with Gasteiger partial charge in [0.15, 0.2) is 0 Å². The summed E-state index contributed by atoms with van der Waals surface area (Å²) in [6.07, 6.45) is 0.119. The highest BCUT2D eigenvalue weighted by atomic mass is 16.3. The van der Waals surface area contributed by atoms with Crippen LogP contribution < -0.4 is 0 Å². The van der Waals surface area contributed by atoms with Crippen molar-refractivity contribution in [2.45, 2.75) is 31.5 Å².